The van der Waals surface area contributed by atoms with Crippen LogP contribution in [-0.2, 0) is 10.0 Å². The van der Waals surface area contributed by atoms with Crippen molar-refractivity contribution in [2.45, 2.75) is 18.7 Å². The number of hydrogen-bond acceptors (Lipinski definition) is 4. The van der Waals surface area contributed by atoms with Gasteiger partial charge in [-0.25, -0.2) is 8.42 Å². The summed E-state index contributed by atoms with van der Waals surface area (Å²) in [6, 6.07) is 16.5. The highest BCUT2D eigenvalue weighted by Crippen LogP contribution is 2.31. The maximum absolute atomic E-state index is 13.3. The largest absolute Gasteiger partial charge is 0.495 e. The van der Waals surface area contributed by atoms with Crippen LogP contribution in [0.5, 0.6) is 5.75 Å². The van der Waals surface area contributed by atoms with Gasteiger partial charge in [0.15, 0.2) is 0 Å². The summed E-state index contributed by atoms with van der Waals surface area (Å²) in [7, 11) is -1.00. The van der Waals surface area contributed by atoms with Gasteiger partial charge in [0, 0.05) is 23.3 Å². The van der Waals surface area contributed by atoms with Crippen molar-refractivity contribution in [1.29, 1.82) is 0 Å². The third kappa shape index (κ3) is 4.68. The summed E-state index contributed by atoms with van der Waals surface area (Å²) in [6.07, 6.45) is 0. The zero-order chi connectivity index (χ0) is 22.8. The smallest absolute Gasteiger partial charge is 0.264 e. The number of rotatable bonds is 6. The number of amides is 1. The standard InChI is InChI=1S/C23H23ClN2O4S/c1-15-9-11-18(31(28,29)26(3)21-7-5-6-8-22(21)30-4)14-19(15)23(27)25-20-12-10-17(24)13-16(20)2/h5-14H,1-4H3,(H,25,27). The van der Waals surface area contributed by atoms with Gasteiger partial charge in [0.1, 0.15) is 5.75 Å². The van der Waals surface area contributed by atoms with E-state index in [2.05, 4.69) is 5.32 Å². The lowest BCUT2D eigenvalue weighted by molar-refractivity contribution is 0.102. The van der Waals surface area contributed by atoms with Gasteiger partial charge < -0.3 is 10.1 Å². The minimum atomic E-state index is -3.93. The zero-order valence-corrected chi connectivity index (χ0v) is 19.2. The van der Waals surface area contributed by atoms with Gasteiger partial charge in [-0.3, -0.25) is 9.10 Å². The first-order valence-corrected chi connectivity index (χ1v) is 11.3. The topological polar surface area (TPSA) is 75.7 Å². The van der Waals surface area contributed by atoms with E-state index in [4.69, 9.17) is 16.3 Å². The van der Waals surface area contributed by atoms with Crippen LogP contribution in [0, 0.1) is 13.8 Å². The number of carbonyl (C=O) groups excluding carboxylic acids is 1. The third-order valence-corrected chi connectivity index (χ3v) is 6.98. The molecule has 0 heterocycles. The van der Waals surface area contributed by atoms with Crippen LogP contribution in [0.25, 0.3) is 0 Å². The van der Waals surface area contributed by atoms with Crippen molar-refractivity contribution >= 4 is 38.9 Å². The Labute approximate surface area is 187 Å². The average molecular weight is 459 g/mol. The third-order valence-electron chi connectivity index (χ3n) is 4.97. The molecule has 8 heteroatoms. The van der Waals surface area contributed by atoms with Gasteiger partial charge in [-0.15, -0.1) is 0 Å². The molecule has 3 rings (SSSR count). The fourth-order valence-corrected chi connectivity index (χ4v) is 4.60. The molecule has 6 nitrogen and oxygen atoms in total. The number of nitrogens with zero attached hydrogens (tertiary/aromatic N) is 1. The van der Waals surface area contributed by atoms with E-state index in [0.717, 1.165) is 9.87 Å². The fraction of sp³-hybridized carbons (Fsp3) is 0.174. The first kappa shape index (κ1) is 22.7. The summed E-state index contributed by atoms with van der Waals surface area (Å²) in [5, 5.41) is 3.40. The van der Waals surface area contributed by atoms with Crippen molar-refractivity contribution in [3.05, 3.63) is 82.4 Å². The van der Waals surface area contributed by atoms with Crippen LogP contribution in [-0.4, -0.2) is 28.5 Å². The molecule has 0 unspecified atom stereocenters. The predicted octanol–water partition coefficient (Wildman–Crippen LogP) is 5.04. The SMILES string of the molecule is COc1ccccc1N(C)S(=O)(=O)c1ccc(C)c(C(=O)Nc2ccc(Cl)cc2C)c1. The summed E-state index contributed by atoms with van der Waals surface area (Å²) in [6.45, 7) is 3.58. The minimum Gasteiger partial charge on any atom is -0.495 e. The van der Waals surface area contributed by atoms with E-state index in [1.54, 1.807) is 55.5 Å². The summed E-state index contributed by atoms with van der Waals surface area (Å²) < 4.78 is 32.9. The van der Waals surface area contributed by atoms with Crippen LogP contribution in [0.4, 0.5) is 11.4 Å². The lowest BCUT2D eigenvalue weighted by Gasteiger charge is -2.22. The number of anilines is 2. The number of para-hydroxylation sites is 2. The van der Waals surface area contributed by atoms with Crippen LogP contribution in [0.15, 0.2) is 65.6 Å². The molecule has 0 saturated heterocycles. The number of sulfonamides is 1. The molecule has 0 aliphatic carbocycles. The monoisotopic (exact) mass is 458 g/mol. The molecule has 3 aromatic rings. The number of hydrogen-bond donors (Lipinski definition) is 1. The van der Waals surface area contributed by atoms with E-state index < -0.39 is 15.9 Å². The number of methoxy groups -OCH3 is 1. The number of ether oxygens (including phenoxy) is 1. The van der Waals surface area contributed by atoms with Gasteiger partial charge in [-0.05, 0) is 67.4 Å². The molecular weight excluding hydrogens is 436 g/mol. The van der Waals surface area contributed by atoms with E-state index >= 15 is 0 Å². The van der Waals surface area contributed by atoms with E-state index in [0.29, 0.717) is 27.7 Å². The molecule has 0 saturated carbocycles. The molecule has 1 N–H and O–H groups in total. The molecule has 0 aromatic heterocycles. The molecule has 0 radical (unpaired) electrons. The zero-order valence-electron chi connectivity index (χ0n) is 17.6. The Hall–Kier alpha value is -3.03. The molecule has 0 aliphatic rings. The highest BCUT2D eigenvalue weighted by Gasteiger charge is 2.25. The molecule has 31 heavy (non-hydrogen) atoms. The Morgan fingerprint density at radius 1 is 1.00 bits per heavy atom. The highest BCUT2D eigenvalue weighted by molar-refractivity contribution is 7.92. The number of halogens is 1. The van der Waals surface area contributed by atoms with Crippen molar-refractivity contribution in [1.82, 2.24) is 0 Å². The van der Waals surface area contributed by atoms with Gasteiger partial charge >= 0.3 is 0 Å². The number of carbonyl (C=O) groups is 1. The van der Waals surface area contributed by atoms with Crippen LogP contribution in [0.2, 0.25) is 5.02 Å². The summed E-state index contributed by atoms with van der Waals surface area (Å²) >= 11 is 5.98. The van der Waals surface area contributed by atoms with Gasteiger partial charge in [0.25, 0.3) is 15.9 Å². The Morgan fingerprint density at radius 3 is 2.39 bits per heavy atom. The molecule has 3 aromatic carbocycles. The molecular formula is C23H23ClN2O4S. The first-order chi connectivity index (χ1) is 14.6. The van der Waals surface area contributed by atoms with Crippen LogP contribution >= 0.6 is 11.6 Å². The summed E-state index contributed by atoms with van der Waals surface area (Å²) in [4.78, 5) is 12.9. The van der Waals surface area contributed by atoms with Crippen molar-refractivity contribution in [2.24, 2.45) is 0 Å². The van der Waals surface area contributed by atoms with Gasteiger partial charge in [0.05, 0.1) is 17.7 Å². The fourth-order valence-electron chi connectivity index (χ4n) is 3.14. The normalized spacial score (nSPS) is 11.1. The van der Waals surface area contributed by atoms with E-state index in [-0.39, 0.29) is 10.5 Å². The van der Waals surface area contributed by atoms with Gasteiger partial charge in [-0.1, -0.05) is 29.8 Å². The van der Waals surface area contributed by atoms with Crippen molar-refractivity contribution in [2.75, 3.05) is 23.8 Å². The van der Waals surface area contributed by atoms with E-state index in [9.17, 15) is 13.2 Å². The lowest BCUT2D eigenvalue weighted by Crippen LogP contribution is -2.27. The van der Waals surface area contributed by atoms with E-state index in [1.165, 1.54) is 26.3 Å². The Kier molecular flexibility index (Phi) is 6.57. The van der Waals surface area contributed by atoms with Crippen LogP contribution < -0.4 is 14.4 Å². The summed E-state index contributed by atoms with van der Waals surface area (Å²) in [5.74, 6) is 0.0248. The molecule has 1 amide bonds. The highest BCUT2D eigenvalue weighted by atomic mass is 35.5. The Bertz CT molecular complexity index is 1240. The molecule has 0 bridgehead atoms. The second-order valence-corrected chi connectivity index (χ2v) is 9.44. The van der Waals surface area contributed by atoms with Gasteiger partial charge in [0.2, 0.25) is 0 Å². The number of nitrogens with one attached hydrogen (secondary N) is 1. The first-order valence-electron chi connectivity index (χ1n) is 9.45. The van der Waals surface area contributed by atoms with Crippen LogP contribution in [0.1, 0.15) is 21.5 Å². The Balaban J connectivity index is 1.96. The second kappa shape index (κ2) is 8.99. The maximum Gasteiger partial charge on any atom is 0.264 e. The molecule has 0 spiro atoms. The number of benzene rings is 3. The van der Waals surface area contributed by atoms with Gasteiger partial charge in [-0.2, -0.15) is 0 Å². The summed E-state index contributed by atoms with van der Waals surface area (Å²) in [5.41, 5.74) is 2.73. The minimum absolute atomic E-state index is 0.00415. The van der Waals surface area contributed by atoms with Crippen molar-refractivity contribution < 1.29 is 17.9 Å². The van der Waals surface area contributed by atoms with Crippen molar-refractivity contribution in [3.63, 3.8) is 0 Å². The lowest BCUT2D eigenvalue weighted by atomic mass is 10.1. The predicted molar refractivity (Wildman–Crippen MR) is 124 cm³/mol. The number of aryl methyl sites for hydroxylation is 2. The average Bonchev–Trinajstić information content (AvgIpc) is 2.75. The second-order valence-electron chi connectivity index (χ2n) is 7.03. The van der Waals surface area contributed by atoms with Crippen LogP contribution in [0.3, 0.4) is 0 Å². The molecule has 162 valence electrons. The quantitative estimate of drug-likeness (QED) is 0.561. The molecule has 0 atom stereocenters. The maximum atomic E-state index is 13.3. The molecule has 0 fully saturated rings. The molecule has 0 aliphatic heterocycles. The van der Waals surface area contributed by atoms with E-state index in [1.807, 2.05) is 6.92 Å². The van der Waals surface area contributed by atoms with Crippen molar-refractivity contribution in [3.8, 4) is 5.75 Å². The Morgan fingerprint density at radius 2 is 1.71 bits per heavy atom.